The van der Waals surface area contributed by atoms with Crippen LogP contribution in [0.3, 0.4) is 0 Å². The van der Waals surface area contributed by atoms with Gasteiger partial charge < -0.3 is 15.0 Å². The molecule has 1 saturated heterocycles. The third-order valence-electron chi connectivity index (χ3n) is 3.13. The van der Waals surface area contributed by atoms with Crippen molar-refractivity contribution in [3.8, 4) is 0 Å². The minimum atomic E-state index is -0.209. The first-order valence-corrected chi connectivity index (χ1v) is 6.43. The Morgan fingerprint density at radius 3 is 2.67 bits per heavy atom. The normalized spacial score (nSPS) is 20.3. The van der Waals surface area contributed by atoms with Crippen molar-refractivity contribution in [2.75, 3.05) is 26.8 Å². The number of carbonyl (C=O) groups excluding carboxylic acids is 2. The van der Waals surface area contributed by atoms with Crippen molar-refractivity contribution in [1.82, 2.24) is 10.2 Å². The number of ether oxygens (including phenoxy) is 1. The molecule has 18 heavy (non-hydrogen) atoms. The molecule has 0 aromatic rings. The summed E-state index contributed by atoms with van der Waals surface area (Å²) in [5.41, 5.74) is -0.206. The van der Waals surface area contributed by atoms with E-state index >= 15 is 0 Å². The molecule has 0 aromatic carbocycles. The third-order valence-corrected chi connectivity index (χ3v) is 3.13. The van der Waals surface area contributed by atoms with Crippen molar-refractivity contribution in [1.29, 1.82) is 0 Å². The molecule has 104 valence electrons. The topological polar surface area (TPSA) is 58.6 Å². The zero-order chi connectivity index (χ0) is 13.8. The molecule has 0 spiro atoms. The van der Waals surface area contributed by atoms with Gasteiger partial charge in [0, 0.05) is 38.8 Å². The van der Waals surface area contributed by atoms with Crippen LogP contribution in [0.5, 0.6) is 0 Å². The molecule has 0 unspecified atom stereocenters. The summed E-state index contributed by atoms with van der Waals surface area (Å²) < 4.78 is 4.91. The van der Waals surface area contributed by atoms with E-state index in [1.807, 2.05) is 20.8 Å². The summed E-state index contributed by atoms with van der Waals surface area (Å²) in [6.07, 6.45) is 1.12. The zero-order valence-electron chi connectivity index (χ0n) is 11.8. The summed E-state index contributed by atoms with van der Waals surface area (Å²) in [6.45, 7) is 7.74. The average Bonchev–Trinajstić information content (AvgIpc) is 2.66. The fraction of sp³-hybridized carbons (Fsp3) is 0.846. The fourth-order valence-electron chi connectivity index (χ4n) is 2.10. The van der Waals surface area contributed by atoms with Crippen molar-refractivity contribution in [3.63, 3.8) is 0 Å². The molecule has 0 aliphatic carbocycles. The van der Waals surface area contributed by atoms with E-state index in [9.17, 15) is 9.59 Å². The van der Waals surface area contributed by atoms with Crippen molar-refractivity contribution >= 4 is 11.8 Å². The van der Waals surface area contributed by atoms with Crippen LogP contribution in [0.1, 0.15) is 33.6 Å². The molecule has 0 saturated carbocycles. The molecule has 1 fully saturated rings. The Morgan fingerprint density at radius 1 is 1.50 bits per heavy atom. The largest absolute Gasteiger partial charge is 0.385 e. The van der Waals surface area contributed by atoms with Gasteiger partial charge in [-0.15, -0.1) is 0 Å². The van der Waals surface area contributed by atoms with E-state index in [1.165, 1.54) is 0 Å². The van der Waals surface area contributed by atoms with E-state index in [-0.39, 0.29) is 23.3 Å². The summed E-state index contributed by atoms with van der Waals surface area (Å²) in [6, 6.07) is 0. The molecule has 1 aliphatic heterocycles. The zero-order valence-corrected chi connectivity index (χ0v) is 11.8. The van der Waals surface area contributed by atoms with Gasteiger partial charge in [-0.2, -0.15) is 0 Å². The highest BCUT2D eigenvalue weighted by Gasteiger charge is 2.39. The number of likely N-dealkylation sites (tertiary alicyclic amines) is 1. The van der Waals surface area contributed by atoms with E-state index < -0.39 is 0 Å². The van der Waals surface area contributed by atoms with Gasteiger partial charge in [0.1, 0.15) is 0 Å². The predicted molar refractivity (Wildman–Crippen MR) is 69.1 cm³/mol. The second-order valence-corrected chi connectivity index (χ2v) is 5.71. The van der Waals surface area contributed by atoms with E-state index in [0.717, 1.165) is 6.42 Å². The van der Waals surface area contributed by atoms with Crippen LogP contribution in [0.4, 0.5) is 0 Å². The standard InChI is InChI=1S/C13H24N2O3/c1-13(2,3)15-9-10(8-11(15)16)12(17)14-6-5-7-18-4/h10H,5-9H2,1-4H3,(H,14,17)/t10-/m1/s1. The second-order valence-electron chi connectivity index (χ2n) is 5.71. The fourth-order valence-corrected chi connectivity index (χ4v) is 2.10. The highest BCUT2D eigenvalue weighted by molar-refractivity contribution is 5.89. The Labute approximate surface area is 109 Å². The van der Waals surface area contributed by atoms with Gasteiger partial charge in [0.05, 0.1) is 5.92 Å². The maximum Gasteiger partial charge on any atom is 0.225 e. The van der Waals surface area contributed by atoms with Crippen molar-refractivity contribution < 1.29 is 14.3 Å². The number of rotatable bonds is 5. The van der Waals surface area contributed by atoms with Crippen molar-refractivity contribution in [2.45, 2.75) is 39.2 Å². The number of nitrogens with zero attached hydrogens (tertiary/aromatic N) is 1. The first-order valence-electron chi connectivity index (χ1n) is 6.43. The van der Waals surface area contributed by atoms with Crippen LogP contribution in [-0.4, -0.2) is 49.1 Å². The van der Waals surface area contributed by atoms with E-state index in [0.29, 0.717) is 26.1 Å². The number of carbonyl (C=O) groups is 2. The molecule has 1 rings (SSSR count). The Hall–Kier alpha value is -1.10. The van der Waals surface area contributed by atoms with Gasteiger partial charge in [-0.1, -0.05) is 0 Å². The van der Waals surface area contributed by atoms with Gasteiger partial charge in [0.25, 0.3) is 0 Å². The van der Waals surface area contributed by atoms with Crippen LogP contribution in [-0.2, 0) is 14.3 Å². The number of methoxy groups -OCH3 is 1. The van der Waals surface area contributed by atoms with Crippen LogP contribution in [0.25, 0.3) is 0 Å². The lowest BCUT2D eigenvalue weighted by Crippen LogP contribution is -2.43. The predicted octanol–water partition coefficient (Wildman–Crippen LogP) is 0.786. The Balaban J connectivity index is 2.41. The van der Waals surface area contributed by atoms with E-state index in [4.69, 9.17) is 4.74 Å². The highest BCUT2D eigenvalue weighted by Crippen LogP contribution is 2.25. The van der Waals surface area contributed by atoms with Gasteiger partial charge in [0.2, 0.25) is 11.8 Å². The van der Waals surface area contributed by atoms with Gasteiger partial charge in [-0.3, -0.25) is 9.59 Å². The maximum atomic E-state index is 11.9. The molecule has 1 heterocycles. The monoisotopic (exact) mass is 256 g/mol. The third kappa shape index (κ3) is 3.98. The van der Waals surface area contributed by atoms with E-state index in [1.54, 1.807) is 12.0 Å². The van der Waals surface area contributed by atoms with E-state index in [2.05, 4.69) is 5.32 Å². The minimum absolute atomic E-state index is 0.0220. The first-order chi connectivity index (χ1) is 8.36. The molecule has 0 bridgehead atoms. The minimum Gasteiger partial charge on any atom is -0.385 e. The summed E-state index contributed by atoms with van der Waals surface area (Å²) in [7, 11) is 1.64. The Morgan fingerprint density at radius 2 is 2.17 bits per heavy atom. The van der Waals surface area contributed by atoms with Gasteiger partial charge in [-0.05, 0) is 27.2 Å². The van der Waals surface area contributed by atoms with Crippen LogP contribution < -0.4 is 5.32 Å². The molecule has 5 heteroatoms. The first kappa shape index (κ1) is 15.0. The molecular formula is C13H24N2O3. The van der Waals surface area contributed by atoms with Crippen LogP contribution in [0.15, 0.2) is 0 Å². The molecule has 1 atom stereocenters. The summed E-state index contributed by atoms with van der Waals surface area (Å²) >= 11 is 0. The summed E-state index contributed by atoms with van der Waals surface area (Å²) in [4.78, 5) is 25.5. The lowest BCUT2D eigenvalue weighted by atomic mass is 10.1. The lowest BCUT2D eigenvalue weighted by molar-refractivity contribution is -0.132. The number of nitrogens with one attached hydrogen (secondary N) is 1. The van der Waals surface area contributed by atoms with Crippen LogP contribution in [0, 0.1) is 5.92 Å². The van der Waals surface area contributed by atoms with Crippen molar-refractivity contribution in [2.24, 2.45) is 5.92 Å². The lowest BCUT2D eigenvalue weighted by Gasteiger charge is -2.31. The molecule has 0 aromatic heterocycles. The molecule has 5 nitrogen and oxygen atoms in total. The molecule has 1 N–H and O–H groups in total. The van der Waals surface area contributed by atoms with Gasteiger partial charge in [0.15, 0.2) is 0 Å². The molecule has 0 radical (unpaired) electrons. The summed E-state index contributed by atoms with van der Waals surface area (Å²) in [5, 5.41) is 2.85. The Bertz CT molecular complexity index is 310. The molecule has 2 amide bonds. The summed E-state index contributed by atoms with van der Waals surface area (Å²) in [5.74, 6) is -0.162. The van der Waals surface area contributed by atoms with Gasteiger partial charge >= 0.3 is 0 Å². The maximum absolute atomic E-state index is 11.9. The number of hydrogen-bond acceptors (Lipinski definition) is 3. The smallest absolute Gasteiger partial charge is 0.225 e. The SMILES string of the molecule is COCCCNC(=O)[C@@H]1CC(=O)N(C(C)(C)C)C1. The number of hydrogen-bond donors (Lipinski definition) is 1. The second kappa shape index (κ2) is 6.18. The Kier molecular flexibility index (Phi) is 5.14. The van der Waals surface area contributed by atoms with Gasteiger partial charge in [-0.25, -0.2) is 0 Å². The molecule has 1 aliphatic rings. The van der Waals surface area contributed by atoms with Crippen LogP contribution in [0.2, 0.25) is 0 Å². The quantitative estimate of drug-likeness (QED) is 0.740. The number of amides is 2. The van der Waals surface area contributed by atoms with Crippen LogP contribution >= 0.6 is 0 Å². The van der Waals surface area contributed by atoms with Crippen molar-refractivity contribution in [3.05, 3.63) is 0 Å². The molecular weight excluding hydrogens is 232 g/mol. The average molecular weight is 256 g/mol. The highest BCUT2D eigenvalue weighted by atomic mass is 16.5.